The number of rotatable bonds is 7. The molecule has 1 fully saturated rings. The predicted molar refractivity (Wildman–Crippen MR) is 110 cm³/mol. The van der Waals surface area contributed by atoms with E-state index in [1.807, 2.05) is 4.90 Å². The zero-order valence-corrected chi connectivity index (χ0v) is 18.1. The fourth-order valence-electron chi connectivity index (χ4n) is 3.51. The number of sulfonamides is 1. The molecular formula is C21H23F3N2O5S. The van der Waals surface area contributed by atoms with Crippen molar-refractivity contribution in [2.75, 3.05) is 32.8 Å². The number of nitrogens with zero attached hydrogens (tertiary/aromatic N) is 2. The fraction of sp³-hybridized carbons (Fsp3) is 0.381. The molecule has 0 spiro atoms. The summed E-state index contributed by atoms with van der Waals surface area (Å²) in [7, 11) is -3.67. The van der Waals surface area contributed by atoms with E-state index >= 15 is 0 Å². The molecule has 0 atom stereocenters. The van der Waals surface area contributed by atoms with Gasteiger partial charge in [-0.05, 0) is 36.8 Å². The van der Waals surface area contributed by atoms with Crippen LogP contribution in [0.1, 0.15) is 16.7 Å². The normalized spacial score (nSPS) is 16.1. The second-order valence-corrected chi connectivity index (χ2v) is 9.35. The lowest BCUT2D eigenvalue weighted by molar-refractivity contribution is -0.140. The number of piperazine rings is 1. The second kappa shape index (κ2) is 9.47. The maximum atomic E-state index is 13.1. The summed E-state index contributed by atoms with van der Waals surface area (Å²) in [4.78, 5) is 12.8. The molecule has 0 amide bonds. The van der Waals surface area contributed by atoms with Crippen LogP contribution in [0.5, 0.6) is 5.75 Å². The van der Waals surface area contributed by atoms with Gasteiger partial charge in [0.2, 0.25) is 10.0 Å². The Kier molecular flexibility index (Phi) is 7.11. The van der Waals surface area contributed by atoms with E-state index < -0.39 is 34.3 Å². The molecule has 0 aliphatic carbocycles. The molecule has 1 N–H and O–H groups in total. The Morgan fingerprint density at radius 1 is 1.09 bits per heavy atom. The molecule has 0 saturated carbocycles. The number of hydrogen-bond acceptors (Lipinski definition) is 5. The number of hydrogen-bond donors (Lipinski definition) is 1. The number of carboxylic acid groups (broad SMARTS) is 1. The molecule has 0 radical (unpaired) electrons. The Balaban J connectivity index is 1.74. The number of benzene rings is 2. The molecule has 1 saturated heterocycles. The minimum absolute atomic E-state index is 0.0513. The van der Waals surface area contributed by atoms with Gasteiger partial charge in [-0.1, -0.05) is 18.2 Å². The first kappa shape index (κ1) is 24.0. The Morgan fingerprint density at radius 2 is 1.75 bits per heavy atom. The summed E-state index contributed by atoms with van der Waals surface area (Å²) >= 11 is 0. The van der Waals surface area contributed by atoms with Crippen LogP contribution in [0.4, 0.5) is 13.2 Å². The van der Waals surface area contributed by atoms with E-state index in [4.69, 9.17) is 9.84 Å². The lowest BCUT2D eigenvalue weighted by Gasteiger charge is -2.34. The SMILES string of the molecule is Cc1ccccc1S(=O)(=O)N1CCN(Cc2cc(C(F)(F)F)ccc2OCC(=O)O)CC1. The molecule has 3 rings (SSSR count). The molecule has 0 unspecified atom stereocenters. The molecule has 174 valence electrons. The van der Waals surface area contributed by atoms with Crippen molar-refractivity contribution < 1.29 is 36.2 Å². The van der Waals surface area contributed by atoms with Gasteiger partial charge in [-0.3, -0.25) is 4.90 Å². The van der Waals surface area contributed by atoms with Gasteiger partial charge in [0.1, 0.15) is 5.75 Å². The molecule has 1 aliphatic heterocycles. The number of aliphatic carboxylic acids is 1. The Bertz CT molecular complexity index is 1080. The number of carbonyl (C=O) groups is 1. The highest BCUT2D eigenvalue weighted by molar-refractivity contribution is 7.89. The molecule has 11 heteroatoms. The highest BCUT2D eigenvalue weighted by Crippen LogP contribution is 2.33. The van der Waals surface area contributed by atoms with E-state index in [2.05, 4.69) is 0 Å². The number of carboxylic acids is 1. The van der Waals surface area contributed by atoms with Gasteiger partial charge < -0.3 is 9.84 Å². The van der Waals surface area contributed by atoms with Crippen molar-refractivity contribution in [1.82, 2.24) is 9.21 Å². The fourth-order valence-corrected chi connectivity index (χ4v) is 5.16. The van der Waals surface area contributed by atoms with Gasteiger partial charge in [0.05, 0.1) is 10.5 Å². The van der Waals surface area contributed by atoms with Crippen LogP contribution >= 0.6 is 0 Å². The minimum Gasteiger partial charge on any atom is -0.482 e. The Hall–Kier alpha value is -2.63. The number of halogens is 3. The van der Waals surface area contributed by atoms with Crippen LogP contribution in [0.25, 0.3) is 0 Å². The first-order valence-corrected chi connectivity index (χ1v) is 11.3. The highest BCUT2D eigenvalue weighted by atomic mass is 32.2. The quantitative estimate of drug-likeness (QED) is 0.667. The van der Waals surface area contributed by atoms with Crippen molar-refractivity contribution in [2.45, 2.75) is 24.5 Å². The van der Waals surface area contributed by atoms with Gasteiger partial charge in [0, 0.05) is 38.3 Å². The summed E-state index contributed by atoms with van der Waals surface area (Å²) in [5, 5.41) is 8.81. The van der Waals surface area contributed by atoms with Crippen LogP contribution in [-0.2, 0) is 27.5 Å². The summed E-state index contributed by atoms with van der Waals surface area (Å²) in [6, 6.07) is 9.57. The Labute approximate surface area is 184 Å². The molecule has 1 aliphatic rings. The van der Waals surface area contributed by atoms with Crippen molar-refractivity contribution in [3.8, 4) is 5.75 Å². The summed E-state index contributed by atoms with van der Waals surface area (Å²) in [5.41, 5.74) is -0.0358. The molecule has 0 bridgehead atoms. The van der Waals surface area contributed by atoms with E-state index in [1.165, 1.54) is 4.31 Å². The lowest BCUT2D eigenvalue weighted by atomic mass is 10.1. The van der Waals surface area contributed by atoms with Crippen LogP contribution in [0, 0.1) is 6.92 Å². The molecule has 32 heavy (non-hydrogen) atoms. The largest absolute Gasteiger partial charge is 0.482 e. The molecule has 2 aromatic rings. The van der Waals surface area contributed by atoms with Crippen molar-refractivity contribution in [2.24, 2.45) is 0 Å². The molecular weight excluding hydrogens is 449 g/mol. The van der Waals surface area contributed by atoms with Gasteiger partial charge in [-0.25, -0.2) is 13.2 Å². The van der Waals surface area contributed by atoms with Gasteiger partial charge in [-0.15, -0.1) is 0 Å². The van der Waals surface area contributed by atoms with Gasteiger partial charge in [-0.2, -0.15) is 17.5 Å². The van der Waals surface area contributed by atoms with Crippen LogP contribution < -0.4 is 4.74 Å². The van der Waals surface area contributed by atoms with Crippen molar-refractivity contribution >= 4 is 16.0 Å². The molecule has 7 nitrogen and oxygen atoms in total. The molecule has 0 aromatic heterocycles. The number of aryl methyl sites for hydroxylation is 1. The zero-order chi connectivity index (χ0) is 23.5. The zero-order valence-electron chi connectivity index (χ0n) is 17.3. The van der Waals surface area contributed by atoms with E-state index in [0.717, 1.165) is 18.2 Å². The average molecular weight is 472 g/mol. The summed E-state index contributed by atoms with van der Waals surface area (Å²) in [6.45, 7) is 2.08. The van der Waals surface area contributed by atoms with Crippen molar-refractivity contribution in [3.05, 3.63) is 59.2 Å². The standard InChI is InChI=1S/C21H23F3N2O5S/c1-15-4-2-3-5-19(15)32(29,30)26-10-8-25(9-11-26)13-16-12-17(21(22,23)24)6-7-18(16)31-14-20(27)28/h2-7,12H,8-11,13-14H2,1H3,(H,27,28). The van der Waals surface area contributed by atoms with Crippen molar-refractivity contribution in [1.29, 1.82) is 0 Å². The van der Waals surface area contributed by atoms with Gasteiger partial charge >= 0.3 is 12.1 Å². The first-order valence-electron chi connectivity index (χ1n) is 9.81. The number of ether oxygens (including phenoxy) is 1. The summed E-state index contributed by atoms with van der Waals surface area (Å²) < 4.78 is 71.8. The van der Waals surface area contributed by atoms with E-state index in [0.29, 0.717) is 18.7 Å². The molecule has 1 heterocycles. The van der Waals surface area contributed by atoms with Crippen LogP contribution in [0.2, 0.25) is 0 Å². The van der Waals surface area contributed by atoms with Crippen LogP contribution in [-0.4, -0.2) is 61.5 Å². The monoisotopic (exact) mass is 472 g/mol. The minimum atomic E-state index is -4.56. The van der Waals surface area contributed by atoms with E-state index in [-0.39, 0.29) is 35.8 Å². The van der Waals surface area contributed by atoms with Gasteiger partial charge in [0.25, 0.3) is 0 Å². The van der Waals surface area contributed by atoms with E-state index in [1.54, 1.807) is 31.2 Å². The highest BCUT2D eigenvalue weighted by Gasteiger charge is 2.33. The third-order valence-electron chi connectivity index (χ3n) is 5.18. The molecule has 2 aromatic carbocycles. The maximum Gasteiger partial charge on any atom is 0.416 e. The van der Waals surface area contributed by atoms with Crippen molar-refractivity contribution in [3.63, 3.8) is 0 Å². The summed E-state index contributed by atoms with van der Waals surface area (Å²) in [5.74, 6) is -1.19. The van der Waals surface area contributed by atoms with Crippen LogP contribution in [0.3, 0.4) is 0 Å². The Morgan fingerprint density at radius 3 is 2.34 bits per heavy atom. The average Bonchev–Trinajstić information content (AvgIpc) is 2.72. The maximum absolute atomic E-state index is 13.1. The number of alkyl halides is 3. The van der Waals surface area contributed by atoms with E-state index in [9.17, 15) is 26.4 Å². The first-order chi connectivity index (χ1) is 15.0. The summed E-state index contributed by atoms with van der Waals surface area (Å²) in [6.07, 6.45) is -4.56. The third-order valence-corrected chi connectivity index (χ3v) is 7.23. The lowest BCUT2D eigenvalue weighted by Crippen LogP contribution is -2.48. The second-order valence-electron chi connectivity index (χ2n) is 7.45. The third kappa shape index (κ3) is 5.59. The van der Waals surface area contributed by atoms with Gasteiger partial charge in [0.15, 0.2) is 6.61 Å². The smallest absolute Gasteiger partial charge is 0.416 e. The predicted octanol–water partition coefficient (Wildman–Crippen LogP) is 2.98. The topological polar surface area (TPSA) is 87.2 Å². The van der Waals surface area contributed by atoms with Crippen LogP contribution in [0.15, 0.2) is 47.4 Å².